The number of hydrogen-bond acceptors (Lipinski definition) is 4. The van der Waals surface area contributed by atoms with Crippen LogP contribution in [0.4, 0.5) is 0 Å². The van der Waals surface area contributed by atoms with Crippen molar-refractivity contribution in [2.24, 2.45) is 7.05 Å². The highest BCUT2D eigenvalue weighted by atomic mass is 16.2. The zero-order valence-electron chi connectivity index (χ0n) is 9.56. The molecule has 0 aliphatic carbocycles. The van der Waals surface area contributed by atoms with Crippen molar-refractivity contribution in [3.05, 3.63) is 12.2 Å². The summed E-state index contributed by atoms with van der Waals surface area (Å²) in [4.78, 5) is 2.22. The molecule has 0 aliphatic heterocycles. The first-order chi connectivity index (χ1) is 7.24. The van der Waals surface area contributed by atoms with Crippen LogP contribution in [0.1, 0.15) is 25.1 Å². The van der Waals surface area contributed by atoms with Crippen LogP contribution >= 0.6 is 0 Å². The molecule has 5 heteroatoms. The second kappa shape index (κ2) is 6.53. The van der Waals surface area contributed by atoms with Gasteiger partial charge in [-0.05, 0) is 32.9 Å². The van der Waals surface area contributed by atoms with Gasteiger partial charge in [-0.3, -0.25) is 4.90 Å². The minimum Gasteiger partial charge on any atom is -0.396 e. The quantitative estimate of drug-likeness (QED) is 0.665. The van der Waals surface area contributed by atoms with E-state index >= 15 is 0 Å². The van der Waals surface area contributed by atoms with E-state index in [1.807, 2.05) is 11.6 Å². The van der Waals surface area contributed by atoms with Gasteiger partial charge in [0, 0.05) is 13.7 Å². The third-order valence-corrected chi connectivity index (χ3v) is 2.41. The summed E-state index contributed by atoms with van der Waals surface area (Å²) in [7, 11) is 4.03. The Morgan fingerprint density at radius 1 is 1.40 bits per heavy atom. The summed E-state index contributed by atoms with van der Waals surface area (Å²) in [5.74, 6) is 0.986. The van der Waals surface area contributed by atoms with Crippen LogP contribution in [0.2, 0.25) is 0 Å². The van der Waals surface area contributed by atoms with E-state index in [1.54, 1.807) is 6.33 Å². The summed E-state index contributed by atoms with van der Waals surface area (Å²) >= 11 is 0. The Kier molecular flexibility index (Phi) is 5.28. The summed E-state index contributed by atoms with van der Waals surface area (Å²) in [6.07, 6.45) is 4.82. The van der Waals surface area contributed by atoms with E-state index in [-0.39, 0.29) is 0 Å². The maximum Gasteiger partial charge on any atom is 0.146 e. The average molecular weight is 212 g/mol. The van der Waals surface area contributed by atoms with E-state index in [9.17, 15) is 0 Å². The van der Waals surface area contributed by atoms with Crippen LogP contribution in [0.5, 0.6) is 0 Å². The smallest absolute Gasteiger partial charge is 0.146 e. The molecule has 1 aromatic rings. The molecule has 86 valence electrons. The Morgan fingerprint density at radius 2 is 2.20 bits per heavy atom. The van der Waals surface area contributed by atoms with Gasteiger partial charge in [-0.1, -0.05) is 0 Å². The van der Waals surface area contributed by atoms with Crippen LogP contribution in [0, 0.1) is 0 Å². The highest BCUT2D eigenvalue weighted by Gasteiger charge is 2.04. The monoisotopic (exact) mass is 212 g/mol. The van der Waals surface area contributed by atoms with Gasteiger partial charge in [-0.25, -0.2) is 0 Å². The first-order valence-corrected chi connectivity index (χ1v) is 5.36. The van der Waals surface area contributed by atoms with Crippen LogP contribution in [-0.2, 0) is 13.6 Å². The fourth-order valence-corrected chi connectivity index (χ4v) is 1.44. The van der Waals surface area contributed by atoms with Crippen molar-refractivity contribution in [3.8, 4) is 0 Å². The number of aliphatic hydroxyl groups excluding tert-OH is 1. The molecule has 0 saturated heterocycles. The van der Waals surface area contributed by atoms with E-state index < -0.39 is 0 Å². The highest BCUT2D eigenvalue weighted by Crippen LogP contribution is 2.01. The predicted molar refractivity (Wildman–Crippen MR) is 58.3 cm³/mol. The van der Waals surface area contributed by atoms with Crippen molar-refractivity contribution in [1.29, 1.82) is 0 Å². The standard InChI is InChI=1S/C10H20N4O/c1-13(6-4-3-5-7-15)8-10-12-11-9-14(10)2/h9,15H,3-8H2,1-2H3. The summed E-state index contributed by atoms with van der Waals surface area (Å²) in [5.41, 5.74) is 0. The second-order valence-corrected chi connectivity index (χ2v) is 3.88. The Labute approximate surface area is 90.7 Å². The molecule has 1 rings (SSSR count). The minimum atomic E-state index is 0.299. The van der Waals surface area contributed by atoms with Crippen LogP contribution < -0.4 is 0 Å². The summed E-state index contributed by atoms with van der Waals surface area (Å²) in [5, 5.41) is 16.5. The topological polar surface area (TPSA) is 54.2 Å². The maximum absolute atomic E-state index is 8.64. The Hall–Kier alpha value is -0.940. The number of aryl methyl sites for hydroxylation is 1. The number of aromatic nitrogens is 3. The van der Waals surface area contributed by atoms with Crippen LogP contribution in [-0.4, -0.2) is 45.0 Å². The Bertz CT molecular complexity index is 274. The largest absolute Gasteiger partial charge is 0.396 e. The molecule has 0 aromatic carbocycles. The molecule has 5 nitrogen and oxygen atoms in total. The van der Waals surface area contributed by atoms with Gasteiger partial charge in [0.05, 0.1) is 6.54 Å². The number of aliphatic hydroxyl groups is 1. The molecule has 1 heterocycles. The molecule has 1 N–H and O–H groups in total. The molecular weight excluding hydrogens is 192 g/mol. The van der Waals surface area contributed by atoms with Gasteiger partial charge >= 0.3 is 0 Å². The van der Waals surface area contributed by atoms with Gasteiger partial charge in [-0.2, -0.15) is 0 Å². The van der Waals surface area contributed by atoms with E-state index in [1.165, 1.54) is 0 Å². The molecule has 0 bridgehead atoms. The fourth-order valence-electron chi connectivity index (χ4n) is 1.44. The molecule has 0 amide bonds. The van der Waals surface area contributed by atoms with E-state index in [0.717, 1.165) is 38.2 Å². The van der Waals surface area contributed by atoms with Gasteiger partial charge in [0.25, 0.3) is 0 Å². The first-order valence-electron chi connectivity index (χ1n) is 5.36. The molecule has 0 spiro atoms. The Morgan fingerprint density at radius 3 is 2.80 bits per heavy atom. The Balaban J connectivity index is 2.18. The SMILES string of the molecule is CN(CCCCCO)Cc1nncn1C. The summed E-state index contributed by atoms with van der Waals surface area (Å²) in [6, 6.07) is 0. The highest BCUT2D eigenvalue weighted by molar-refractivity contribution is 4.83. The number of unbranched alkanes of at least 4 members (excludes halogenated alkanes) is 2. The number of nitrogens with zero attached hydrogens (tertiary/aromatic N) is 4. The van der Waals surface area contributed by atoms with Gasteiger partial charge in [0.15, 0.2) is 0 Å². The molecule has 0 aliphatic rings. The lowest BCUT2D eigenvalue weighted by molar-refractivity contribution is 0.269. The first kappa shape index (κ1) is 12.1. The zero-order chi connectivity index (χ0) is 11.1. The molecule has 0 saturated carbocycles. The van der Waals surface area contributed by atoms with Crippen LogP contribution in [0.3, 0.4) is 0 Å². The van der Waals surface area contributed by atoms with Gasteiger partial charge in [-0.15, -0.1) is 10.2 Å². The average Bonchev–Trinajstić information content (AvgIpc) is 2.59. The zero-order valence-corrected chi connectivity index (χ0v) is 9.56. The van der Waals surface area contributed by atoms with E-state index in [4.69, 9.17) is 5.11 Å². The van der Waals surface area contributed by atoms with Crippen molar-refractivity contribution in [2.75, 3.05) is 20.2 Å². The van der Waals surface area contributed by atoms with Crippen molar-refractivity contribution < 1.29 is 5.11 Å². The van der Waals surface area contributed by atoms with E-state index in [2.05, 4.69) is 22.1 Å². The minimum absolute atomic E-state index is 0.299. The second-order valence-electron chi connectivity index (χ2n) is 3.88. The van der Waals surface area contributed by atoms with Crippen molar-refractivity contribution >= 4 is 0 Å². The van der Waals surface area contributed by atoms with Gasteiger partial charge in [0.1, 0.15) is 12.2 Å². The normalized spacial score (nSPS) is 11.2. The third kappa shape index (κ3) is 4.40. The van der Waals surface area contributed by atoms with Crippen LogP contribution in [0.25, 0.3) is 0 Å². The fraction of sp³-hybridized carbons (Fsp3) is 0.800. The lowest BCUT2D eigenvalue weighted by Crippen LogP contribution is -2.21. The third-order valence-electron chi connectivity index (χ3n) is 2.41. The molecule has 15 heavy (non-hydrogen) atoms. The molecule has 1 aromatic heterocycles. The predicted octanol–water partition coefficient (Wildman–Crippen LogP) is 0.409. The molecular formula is C10H20N4O. The number of hydrogen-bond donors (Lipinski definition) is 1. The maximum atomic E-state index is 8.64. The van der Waals surface area contributed by atoms with Crippen molar-refractivity contribution in [2.45, 2.75) is 25.8 Å². The van der Waals surface area contributed by atoms with Crippen molar-refractivity contribution in [1.82, 2.24) is 19.7 Å². The van der Waals surface area contributed by atoms with Crippen molar-refractivity contribution in [3.63, 3.8) is 0 Å². The van der Waals surface area contributed by atoms with Gasteiger partial charge in [0.2, 0.25) is 0 Å². The van der Waals surface area contributed by atoms with Crippen LogP contribution in [0.15, 0.2) is 6.33 Å². The van der Waals surface area contributed by atoms with Gasteiger partial charge < -0.3 is 9.67 Å². The number of rotatable bonds is 7. The van der Waals surface area contributed by atoms with E-state index in [0.29, 0.717) is 6.61 Å². The molecule has 0 atom stereocenters. The molecule has 0 radical (unpaired) electrons. The lowest BCUT2D eigenvalue weighted by Gasteiger charge is -2.15. The summed E-state index contributed by atoms with van der Waals surface area (Å²) < 4.78 is 1.93. The molecule has 0 unspecified atom stereocenters. The summed E-state index contributed by atoms with van der Waals surface area (Å²) in [6.45, 7) is 2.16. The molecule has 0 fully saturated rings. The lowest BCUT2D eigenvalue weighted by atomic mass is 10.2.